The van der Waals surface area contributed by atoms with Crippen LogP contribution in [-0.4, -0.2) is 41.5 Å². The maximum atomic E-state index is 4.64. The number of nitrogens with one attached hydrogen (secondary N) is 3. The molecule has 0 saturated heterocycles. The summed E-state index contributed by atoms with van der Waals surface area (Å²) in [4.78, 5) is 5.94. The Morgan fingerprint density at radius 3 is 2.79 bits per heavy atom. The first kappa shape index (κ1) is 18.4. The highest BCUT2D eigenvalue weighted by Crippen LogP contribution is 2.15. The van der Waals surface area contributed by atoms with Gasteiger partial charge in [-0.3, -0.25) is 10.1 Å². The molecule has 0 atom stereocenters. The second kappa shape index (κ2) is 10.8. The molecule has 130 valence electrons. The average molecular weight is 346 g/mol. The third-order valence-corrected chi connectivity index (χ3v) is 4.57. The third kappa shape index (κ3) is 6.66. The van der Waals surface area contributed by atoms with Crippen LogP contribution in [0.25, 0.3) is 0 Å². The Balaban J connectivity index is 1.67. The lowest BCUT2D eigenvalue weighted by molar-refractivity contribution is 0.794. The topological polar surface area (TPSA) is 65.1 Å². The fraction of sp³-hybridized carbons (Fsp3) is 0.444. The minimum Gasteiger partial charge on any atom is -0.357 e. The second-order valence-corrected chi connectivity index (χ2v) is 6.64. The van der Waals surface area contributed by atoms with Crippen molar-refractivity contribution in [2.24, 2.45) is 4.99 Å². The summed E-state index contributed by atoms with van der Waals surface area (Å²) in [7, 11) is 0. The van der Waals surface area contributed by atoms with E-state index in [1.165, 1.54) is 10.5 Å². The Morgan fingerprint density at radius 1 is 1.25 bits per heavy atom. The average Bonchev–Trinajstić information content (AvgIpc) is 3.01. The van der Waals surface area contributed by atoms with Crippen molar-refractivity contribution in [3.63, 3.8) is 0 Å². The first-order chi connectivity index (χ1) is 11.8. The molecule has 0 radical (unpaired) electrons. The number of aromatic nitrogens is 2. The molecule has 1 heterocycles. The van der Waals surface area contributed by atoms with E-state index in [0.717, 1.165) is 49.9 Å². The molecular formula is C18H27N5S. The normalized spacial score (nSPS) is 11.5. The van der Waals surface area contributed by atoms with Crippen molar-refractivity contribution in [1.29, 1.82) is 0 Å². The van der Waals surface area contributed by atoms with Gasteiger partial charge in [0, 0.05) is 36.0 Å². The van der Waals surface area contributed by atoms with Gasteiger partial charge in [0.25, 0.3) is 0 Å². The number of hydrogen-bond donors (Lipinski definition) is 3. The lowest BCUT2D eigenvalue weighted by Gasteiger charge is -2.11. The molecule has 1 aromatic carbocycles. The van der Waals surface area contributed by atoms with Crippen molar-refractivity contribution in [3.05, 3.63) is 47.8 Å². The Kier molecular flexibility index (Phi) is 8.24. The van der Waals surface area contributed by atoms with Gasteiger partial charge in [0.1, 0.15) is 0 Å². The Labute approximate surface area is 148 Å². The lowest BCUT2D eigenvalue weighted by atomic mass is 10.1. The molecule has 1 aromatic heterocycles. The van der Waals surface area contributed by atoms with Gasteiger partial charge in [0.15, 0.2) is 5.96 Å². The summed E-state index contributed by atoms with van der Waals surface area (Å²) in [5, 5.41) is 13.7. The van der Waals surface area contributed by atoms with E-state index in [4.69, 9.17) is 0 Å². The number of thioether (sulfide) groups is 1. The van der Waals surface area contributed by atoms with Crippen molar-refractivity contribution < 1.29 is 0 Å². The Hall–Kier alpha value is -1.95. The lowest BCUT2D eigenvalue weighted by Crippen LogP contribution is -2.38. The first-order valence-electron chi connectivity index (χ1n) is 8.48. The molecule has 0 amide bonds. The van der Waals surface area contributed by atoms with Crippen LogP contribution in [0.2, 0.25) is 0 Å². The highest BCUT2D eigenvalue weighted by molar-refractivity contribution is 7.99. The van der Waals surface area contributed by atoms with Crippen molar-refractivity contribution in [1.82, 2.24) is 20.8 Å². The number of H-pyrrole nitrogens is 1. The zero-order valence-electron chi connectivity index (χ0n) is 14.5. The summed E-state index contributed by atoms with van der Waals surface area (Å²) < 4.78 is 0. The standard InChI is InChI=1S/C18H27N5S/c1-3-19-18(20-11-7-8-16-14-22-23-15(16)2)21-12-13-24-17-9-5-4-6-10-17/h4-6,9-10,14H,3,7-8,11-13H2,1-2H3,(H,22,23)(H2,19,20,21). The van der Waals surface area contributed by atoms with Crippen LogP contribution in [0.1, 0.15) is 24.6 Å². The zero-order valence-corrected chi connectivity index (χ0v) is 15.3. The molecule has 0 unspecified atom stereocenters. The molecule has 2 aromatic rings. The van der Waals surface area contributed by atoms with Crippen LogP contribution in [0.4, 0.5) is 0 Å². The summed E-state index contributed by atoms with van der Waals surface area (Å²) in [6.45, 7) is 6.73. The van der Waals surface area contributed by atoms with E-state index >= 15 is 0 Å². The Bertz CT molecular complexity index is 609. The minimum atomic E-state index is 0.811. The number of hydrogen-bond acceptors (Lipinski definition) is 3. The van der Waals surface area contributed by atoms with Gasteiger partial charge in [-0.05, 0) is 44.4 Å². The molecule has 0 bridgehead atoms. The number of benzene rings is 1. The minimum absolute atomic E-state index is 0.811. The van der Waals surface area contributed by atoms with Crippen molar-refractivity contribution in [2.45, 2.75) is 31.6 Å². The van der Waals surface area contributed by atoms with E-state index in [1.54, 1.807) is 0 Å². The SMILES string of the molecule is CCNC(=NCCCc1cn[nH]c1C)NCCSc1ccccc1. The van der Waals surface area contributed by atoms with Gasteiger partial charge in [0.05, 0.1) is 6.20 Å². The number of nitrogens with zero attached hydrogens (tertiary/aromatic N) is 2. The molecule has 0 saturated carbocycles. The van der Waals surface area contributed by atoms with Crippen molar-refractivity contribution in [2.75, 3.05) is 25.4 Å². The van der Waals surface area contributed by atoms with Gasteiger partial charge in [0.2, 0.25) is 0 Å². The zero-order chi connectivity index (χ0) is 17.0. The predicted octanol–water partition coefficient (Wildman–Crippen LogP) is 3.00. The van der Waals surface area contributed by atoms with E-state index in [9.17, 15) is 0 Å². The van der Waals surface area contributed by atoms with Crippen molar-refractivity contribution in [3.8, 4) is 0 Å². The Morgan fingerprint density at radius 2 is 2.08 bits per heavy atom. The van der Waals surface area contributed by atoms with Crippen LogP contribution in [-0.2, 0) is 6.42 Å². The number of guanidine groups is 1. The van der Waals surface area contributed by atoms with Gasteiger partial charge < -0.3 is 10.6 Å². The monoisotopic (exact) mass is 345 g/mol. The van der Waals surface area contributed by atoms with E-state index in [2.05, 4.69) is 63.9 Å². The van der Waals surface area contributed by atoms with Gasteiger partial charge >= 0.3 is 0 Å². The fourth-order valence-corrected chi connectivity index (χ4v) is 3.07. The van der Waals surface area contributed by atoms with Crippen molar-refractivity contribution >= 4 is 17.7 Å². The number of aliphatic imine (C=N–C) groups is 1. The van der Waals surface area contributed by atoms with Gasteiger partial charge in [-0.15, -0.1) is 11.8 Å². The van der Waals surface area contributed by atoms with Crippen LogP contribution in [0.15, 0.2) is 46.4 Å². The number of aryl methyl sites for hydroxylation is 2. The molecule has 0 spiro atoms. The first-order valence-corrected chi connectivity index (χ1v) is 9.47. The number of rotatable bonds is 9. The van der Waals surface area contributed by atoms with Gasteiger partial charge in [-0.2, -0.15) is 5.10 Å². The quantitative estimate of drug-likeness (QED) is 0.283. The smallest absolute Gasteiger partial charge is 0.191 e. The highest BCUT2D eigenvalue weighted by Gasteiger charge is 2.01. The highest BCUT2D eigenvalue weighted by atomic mass is 32.2. The summed E-state index contributed by atoms with van der Waals surface area (Å²) in [6.07, 6.45) is 3.94. The second-order valence-electron chi connectivity index (χ2n) is 5.47. The maximum absolute atomic E-state index is 4.64. The molecule has 2 rings (SSSR count). The predicted molar refractivity (Wildman–Crippen MR) is 103 cm³/mol. The molecule has 0 aliphatic carbocycles. The van der Waals surface area contributed by atoms with Crippen LogP contribution in [0.3, 0.4) is 0 Å². The van der Waals surface area contributed by atoms with Crippen LogP contribution >= 0.6 is 11.8 Å². The molecule has 0 aliphatic heterocycles. The summed E-state index contributed by atoms with van der Waals surface area (Å²) >= 11 is 1.85. The van der Waals surface area contributed by atoms with E-state index < -0.39 is 0 Å². The summed E-state index contributed by atoms with van der Waals surface area (Å²) in [5.41, 5.74) is 2.43. The summed E-state index contributed by atoms with van der Waals surface area (Å²) in [5.74, 6) is 1.91. The fourth-order valence-electron chi connectivity index (χ4n) is 2.28. The van der Waals surface area contributed by atoms with Gasteiger partial charge in [-0.1, -0.05) is 18.2 Å². The molecule has 24 heavy (non-hydrogen) atoms. The molecular weight excluding hydrogens is 318 g/mol. The van der Waals surface area contributed by atoms with Crippen LogP contribution in [0, 0.1) is 6.92 Å². The van der Waals surface area contributed by atoms with E-state index in [-0.39, 0.29) is 0 Å². The third-order valence-electron chi connectivity index (χ3n) is 3.56. The maximum Gasteiger partial charge on any atom is 0.191 e. The van der Waals surface area contributed by atoms with Gasteiger partial charge in [-0.25, -0.2) is 0 Å². The van der Waals surface area contributed by atoms with Crippen LogP contribution < -0.4 is 10.6 Å². The van der Waals surface area contributed by atoms with E-state index in [1.807, 2.05) is 24.0 Å². The van der Waals surface area contributed by atoms with E-state index in [0.29, 0.717) is 0 Å². The number of aromatic amines is 1. The molecule has 3 N–H and O–H groups in total. The largest absolute Gasteiger partial charge is 0.357 e. The van der Waals surface area contributed by atoms with Crippen LogP contribution in [0.5, 0.6) is 0 Å². The molecule has 0 fully saturated rings. The molecule has 0 aliphatic rings. The summed E-state index contributed by atoms with van der Waals surface area (Å²) in [6, 6.07) is 10.5. The molecule has 6 heteroatoms. The molecule has 5 nitrogen and oxygen atoms in total.